The predicted molar refractivity (Wildman–Crippen MR) is 48.2 cm³/mol. The van der Waals surface area contributed by atoms with Gasteiger partial charge in [-0.3, -0.25) is 0 Å². The van der Waals surface area contributed by atoms with Gasteiger partial charge in [-0.2, -0.15) is 0 Å². The maximum absolute atomic E-state index is 10.1. The van der Waals surface area contributed by atoms with Crippen LogP contribution < -0.4 is 0 Å². The van der Waals surface area contributed by atoms with Crippen LogP contribution in [0.5, 0.6) is 0 Å². The summed E-state index contributed by atoms with van der Waals surface area (Å²) in [6.45, 7) is 1.83. The third kappa shape index (κ3) is 1.97. The van der Waals surface area contributed by atoms with E-state index in [2.05, 4.69) is 9.99 Å². The molecule has 1 aliphatic carbocycles. The molecule has 0 aliphatic heterocycles. The third-order valence-corrected chi connectivity index (χ3v) is 2.58. The smallest absolute Gasteiger partial charge is 0.106 e. The molecule has 0 heterocycles. The molecule has 0 bridgehead atoms. The van der Waals surface area contributed by atoms with Crippen molar-refractivity contribution in [3.05, 3.63) is 0 Å². The van der Waals surface area contributed by atoms with E-state index < -0.39 is 5.60 Å². The molecule has 1 rings (SSSR count). The topological polar surface area (TPSA) is 41.8 Å². The summed E-state index contributed by atoms with van der Waals surface area (Å²) < 4.78 is 0. The van der Waals surface area contributed by atoms with Crippen molar-refractivity contribution in [2.75, 3.05) is 7.11 Å². The van der Waals surface area contributed by atoms with Crippen LogP contribution in [0.25, 0.3) is 0 Å². The van der Waals surface area contributed by atoms with Crippen molar-refractivity contribution in [3.63, 3.8) is 0 Å². The van der Waals surface area contributed by atoms with Gasteiger partial charge in [0.1, 0.15) is 12.7 Å². The Labute approximate surface area is 73.4 Å². The van der Waals surface area contributed by atoms with Crippen molar-refractivity contribution in [2.24, 2.45) is 5.16 Å². The highest BCUT2D eigenvalue weighted by Gasteiger charge is 2.32. The van der Waals surface area contributed by atoms with Crippen LogP contribution in [0, 0.1) is 0 Å². The van der Waals surface area contributed by atoms with E-state index in [4.69, 9.17) is 0 Å². The van der Waals surface area contributed by atoms with Crippen LogP contribution >= 0.6 is 0 Å². The lowest BCUT2D eigenvalue weighted by atomic mass is 9.82. The van der Waals surface area contributed by atoms with E-state index in [-0.39, 0.29) is 0 Å². The van der Waals surface area contributed by atoms with Crippen molar-refractivity contribution in [3.8, 4) is 0 Å². The highest BCUT2D eigenvalue weighted by atomic mass is 16.6. The minimum absolute atomic E-state index is 0.686. The molecule has 1 aliphatic rings. The molecule has 0 aromatic carbocycles. The van der Waals surface area contributed by atoms with Crippen molar-refractivity contribution >= 4 is 5.71 Å². The molecule has 0 radical (unpaired) electrons. The second kappa shape index (κ2) is 3.90. The van der Waals surface area contributed by atoms with Crippen LogP contribution in [-0.2, 0) is 4.84 Å². The summed E-state index contributed by atoms with van der Waals surface area (Å²) in [5, 5.41) is 13.8. The van der Waals surface area contributed by atoms with E-state index in [9.17, 15) is 5.11 Å². The molecule has 0 saturated heterocycles. The van der Waals surface area contributed by atoms with Gasteiger partial charge in [-0.1, -0.05) is 24.4 Å². The van der Waals surface area contributed by atoms with Crippen molar-refractivity contribution < 1.29 is 9.94 Å². The second-order valence-electron chi connectivity index (χ2n) is 3.45. The monoisotopic (exact) mass is 171 g/mol. The van der Waals surface area contributed by atoms with Crippen molar-refractivity contribution in [1.82, 2.24) is 0 Å². The molecule has 3 heteroatoms. The first-order chi connectivity index (χ1) is 5.69. The molecule has 12 heavy (non-hydrogen) atoms. The van der Waals surface area contributed by atoms with Gasteiger partial charge < -0.3 is 9.94 Å². The number of aliphatic hydroxyl groups is 1. The van der Waals surface area contributed by atoms with Crippen LogP contribution in [0.4, 0.5) is 0 Å². The lowest BCUT2D eigenvalue weighted by molar-refractivity contribution is 0.0646. The summed E-state index contributed by atoms with van der Waals surface area (Å²) >= 11 is 0. The summed E-state index contributed by atoms with van der Waals surface area (Å²) in [6.07, 6.45) is 5.06. The standard InChI is InChI=1S/C9H17NO2/c1-8(10-12-2)9(11)6-4-3-5-7-9/h11H,3-7H2,1-2H3/b10-8-. The van der Waals surface area contributed by atoms with Gasteiger partial charge in [0.2, 0.25) is 0 Å². The number of hydrogen-bond acceptors (Lipinski definition) is 3. The Hall–Kier alpha value is -0.570. The van der Waals surface area contributed by atoms with E-state index in [1.165, 1.54) is 13.5 Å². The fourth-order valence-electron chi connectivity index (χ4n) is 1.72. The molecule has 0 aromatic heterocycles. The number of hydrogen-bond donors (Lipinski definition) is 1. The largest absolute Gasteiger partial charge is 0.399 e. The molecule has 0 atom stereocenters. The normalized spacial score (nSPS) is 23.8. The summed E-state index contributed by atoms with van der Waals surface area (Å²) in [6, 6.07) is 0. The van der Waals surface area contributed by atoms with Crippen molar-refractivity contribution in [1.29, 1.82) is 0 Å². The van der Waals surface area contributed by atoms with Crippen molar-refractivity contribution in [2.45, 2.75) is 44.6 Å². The van der Waals surface area contributed by atoms with E-state index in [1.807, 2.05) is 6.92 Å². The van der Waals surface area contributed by atoms with E-state index in [0.717, 1.165) is 25.7 Å². The molecular formula is C9H17NO2. The van der Waals surface area contributed by atoms with Gasteiger partial charge >= 0.3 is 0 Å². The maximum Gasteiger partial charge on any atom is 0.106 e. The molecule has 70 valence electrons. The van der Waals surface area contributed by atoms with Crippen LogP contribution in [0.1, 0.15) is 39.0 Å². The number of oxime groups is 1. The van der Waals surface area contributed by atoms with Gasteiger partial charge in [0.25, 0.3) is 0 Å². The summed E-state index contributed by atoms with van der Waals surface area (Å²) in [7, 11) is 1.51. The highest BCUT2D eigenvalue weighted by molar-refractivity contribution is 5.89. The summed E-state index contributed by atoms with van der Waals surface area (Å²) in [5.41, 5.74) is 0.0264. The zero-order valence-corrected chi connectivity index (χ0v) is 7.84. The molecule has 0 unspecified atom stereocenters. The quantitative estimate of drug-likeness (QED) is 0.507. The lowest BCUT2D eigenvalue weighted by Gasteiger charge is -2.31. The van der Waals surface area contributed by atoms with E-state index in [0.29, 0.717) is 5.71 Å². The third-order valence-electron chi connectivity index (χ3n) is 2.58. The van der Waals surface area contributed by atoms with E-state index >= 15 is 0 Å². The van der Waals surface area contributed by atoms with Crippen LogP contribution in [0.2, 0.25) is 0 Å². The van der Waals surface area contributed by atoms with Gasteiger partial charge in [-0.25, -0.2) is 0 Å². The first-order valence-electron chi connectivity index (χ1n) is 4.50. The Morgan fingerprint density at radius 3 is 2.42 bits per heavy atom. The maximum atomic E-state index is 10.1. The fraction of sp³-hybridized carbons (Fsp3) is 0.889. The first kappa shape index (κ1) is 9.52. The molecule has 1 fully saturated rings. The van der Waals surface area contributed by atoms with E-state index in [1.54, 1.807) is 0 Å². The summed E-state index contributed by atoms with van der Waals surface area (Å²) in [5.74, 6) is 0. The molecule has 0 amide bonds. The molecule has 3 nitrogen and oxygen atoms in total. The SMILES string of the molecule is CO/N=C(/C)C1(O)CCCCC1. The molecule has 1 N–H and O–H groups in total. The van der Waals surface area contributed by atoms with Gasteiger partial charge in [0.05, 0.1) is 5.71 Å². The minimum Gasteiger partial charge on any atom is -0.399 e. The Balaban J connectivity index is 2.62. The molecule has 1 saturated carbocycles. The zero-order valence-electron chi connectivity index (χ0n) is 7.84. The Morgan fingerprint density at radius 1 is 1.33 bits per heavy atom. The average Bonchev–Trinajstić information content (AvgIpc) is 2.06. The van der Waals surface area contributed by atoms with Crippen LogP contribution in [0.3, 0.4) is 0 Å². The number of rotatable bonds is 2. The number of nitrogens with zero attached hydrogens (tertiary/aromatic N) is 1. The van der Waals surface area contributed by atoms with Gasteiger partial charge in [0, 0.05) is 0 Å². The molecule has 0 spiro atoms. The first-order valence-corrected chi connectivity index (χ1v) is 4.50. The Bertz CT molecular complexity index is 171. The van der Waals surface area contributed by atoms with Crippen LogP contribution in [-0.4, -0.2) is 23.5 Å². The molecular weight excluding hydrogens is 154 g/mol. The minimum atomic E-state index is -0.686. The average molecular weight is 171 g/mol. The fourth-order valence-corrected chi connectivity index (χ4v) is 1.72. The van der Waals surface area contributed by atoms with Gasteiger partial charge in [-0.05, 0) is 19.8 Å². The second-order valence-corrected chi connectivity index (χ2v) is 3.45. The lowest BCUT2D eigenvalue weighted by Crippen LogP contribution is -2.38. The molecule has 0 aromatic rings. The van der Waals surface area contributed by atoms with Crippen LogP contribution in [0.15, 0.2) is 5.16 Å². The highest BCUT2D eigenvalue weighted by Crippen LogP contribution is 2.29. The van der Waals surface area contributed by atoms with Gasteiger partial charge in [-0.15, -0.1) is 0 Å². The summed E-state index contributed by atoms with van der Waals surface area (Å²) in [4.78, 5) is 4.65. The van der Waals surface area contributed by atoms with Gasteiger partial charge in [0.15, 0.2) is 0 Å². The Kier molecular flexibility index (Phi) is 3.09. The zero-order chi connectivity index (χ0) is 9.03. The predicted octanol–water partition coefficient (Wildman–Crippen LogP) is 1.70. The Morgan fingerprint density at radius 2 is 1.92 bits per heavy atom.